The Morgan fingerprint density at radius 3 is 2.62 bits per heavy atom. The standard InChI is InChI=1S/C20H17N3S/c21-11-8-19-20(9-2-1-3-10-20)16-12-14(4-6-17(16)23-19)18-7-5-15(13-22)24-18/h4-8,12,23H,1-3,9-10H2. The molecule has 24 heavy (non-hydrogen) atoms. The molecule has 4 rings (SSSR count). The number of rotatable bonds is 1. The fraction of sp³-hybridized carbons (Fsp3) is 0.300. The molecule has 1 spiro atoms. The van der Waals surface area contributed by atoms with Crippen molar-refractivity contribution >= 4 is 17.0 Å². The van der Waals surface area contributed by atoms with Crippen LogP contribution in [0.25, 0.3) is 10.4 Å². The Morgan fingerprint density at radius 2 is 1.92 bits per heavy atom. The lowest BCUT2D eigenvalue weighted by Crippen LogP contribution is -2.29. The first-order valence-electron chi connectivity index (χ1n) is 8.29. The van der Waals surface area contributed by atoms with E-state index in [-0.39, 0.29) is 5.41 Å². The zero-order chi connectivity index (χ0) is 16.6. The van der Waals surface area contributed by atoms with Gasteiger partial charge >= 0.3 is 0 Å². The number of nitrogens with zero attached hydrogens (tertiary/aromatic N) is 2. The minimum atomic E-state index is -0.0331. The molecule has 1 saturated carbocycles. The van der Waals surface area contributed by atoms with Gasteiger partial charge in [-0.15, -0.1) is 11.3 Å². The van der Waals surface area contributed by atoms with Gasteiger partial charge in [0.2, 0.25) is 0 Å². The first-order valence-corrected chi connectivity index (χ1v) is 9.11. The second-order valence-corrected chi connectivity index (χ2v) is 7.57. The summed E-state index contributed by atoms with van der Waals surface area (Å²) in [7, 11) is 0. The van der Waals surface area contributed by atoms with Gasteiger partial charge in [0.25, 0.3) is 0 Å². The van der Waals surface area contributed by atoms with Crippen LogP contribution in [0.3, 0.4) is 0 Å². The number of nitrogens with one attached hydrogen (secondary N) is 1. The number of thiophene rings is 1. The minimum absolute atomic E-state index is 0.0331. The summed E-state index contributed by atoms with van der Waals surface area (Å²) in [6.45, 7) is 0. The van der Waals surface area contributed by atoms with E-state index < -0.39 is 0 Å². The van der Waals surface area contributed by atoms with Crippen LogP contribution < -0.4 is 5.32 Å². The van der Waals surface area contributed by atoms with Gasteiger partial charge in [0.15, 0.2) is 0 Å². The van der Waals surface area contributed by atoms with E-state index in [0.29, 0.717) is 0 Å². The van der Waals surface area contributed by atoms with Crippen LogP contribution in [0.15, 0.2) is 42.1 Å². The number of hydrogen-bond donors (Lipinski definition) is 1. The number of nitriles is 2. The number of allylic oxidation sites excluding steroid dienone is 2. The molecule has 0 saturated heterocycles. The molecule has 0 radical (unpaired) electrons. The van der Waals surface area contributed by atoms with Gasteiger partial charge in [-0.25, -0.2) is 0 Å². The smallest absolute Gasteiger partial charge is 0.110 e. The highest BCUT2D eigenvalue weighted by atomic mass is 32.1. The summed E-state index contributed by atoms with van der Waals surface area (Å²) in [5.41, 5.74) is 4.62. The summed E-state index contributed by atoms with van der Waals surface area (Å²) in [6.07, 6.45) is 7.55. The predicted octanol–water partition coefficient (Wildman–Crippen LogP) is 5.32. The lowest BCUT2D eigenvalue weighted by atomic mass is 9.68. The fourth-order valence-corrected chi connectivity index (χ4v) is 4.90. The number of fused-ring (bicyclic) bond motifs is 2. The molecule has 1 aliphatic heterocycles. The molecule has 4 heteroatoms. The number of benzene rings is 1. The summed E-state index contributed by atoms with van der Waals surface area (Å²) >= 11 is 1.53. The summed E-state index contributed by atoms with van der Waals surface area (Å²) < 4.78 is 0. The second-order valence-electron chi connectivity index (χ2n) is 6.49. The van der Waals surface area contributed by atoms with E-state index in [9.17, 15) is 5.26 Å². The van der Waals surface area contributed by atoms with Crippen molar-refractivity contribution < 1.29 is 0 Å². The van der Waals surface area contributed by atoms with Crippen LogP contribution in [0.2, 0.25) is 0 Å². The highest BCUT2D eigenvalue weighted by Gasteiger charge is 2.43. The van der Waals surface area contributed by atoms with Crippen molar-refractivity contribution in [3.63, 3.8) is 0 Å². The van der Waals surface area contributed by atoms with Gasteiger partial charge in [-0.2, -0.15) is 10.5 Å². The van der Waals surface area contributed by atoms with E-state index in [1.807, 2.05) is 12.1 Å². The zero-order valence-electron chi connectivity index (χ0n) is 13.3. The Kier molecular flexibility index (Phi) is 3.63. The second kappa shape index (κ2) is 5.82. The molecule has 0 atom stereocenters. The molecule has 0 amide bonds. The topological polar surface area (TPSA) is 59.6 Å². The van der Waals surface area contributed by atoms with E-state index in [1.165, 1.54) is 36.2 Å². The molecule has 0 bridgehead atoms. The molecule has 0 unspecified atom stereocenters. The Labute approximate surface area is 145 Å². The van der Waals surface area contributed by atoms with Crippen molar-refractivity contribution in [2.45, 2.75) is 37.5 Å². The predicted molar refractivity (Wildman–Crippen MR) is 96.6 cm³/mol. The van der Waals surface area contributed by atoms with Gasteiger partial charge in [0.05, 0.1) is 6.07 Å². The highest BCUT2D eigenvalue weighted by Crippen LogP contribution is 2.53. The maximum absolute atomic E-state index is 9.19. The Hall–Kier alpha value is -2.56. The molecule has 2 aliphatic rings. The molecule has 2 aromatic rings. The SMILES string of the molecule is N#CC=C1Nc2ccc(-c3ccc(C#N)s3)cc2C12CCCCC2. The first kappa shape index (κ1) is 15.0. The maximum atomic E-state index is 9.19. The summed E-state index contributed by atoms with van der Waals surface area (Å²) in [4.78, 5) is 1.86. The Balaban J connectivity index is 1.83. The van der Waals surface area contributed by atoms with Gasteiger partial charge in [-0.05, 0) is 48.2 Å². The van der Waals surface area contributed by atoms with Crippen molar-refractivity contribution in [2.75, 3.05) is 5.32 Å². The van der Waals surface area contributed by atoms with Gasteiger partial charge < -0.3 is 5.32 Å². The lowest BCUT2D eigenvalue weighted by Gasteiger charge is -2.34. The fourth-order valence-electron chi connectivity index (χ4n) is 4.10. The van der Waals surface area contributed by atoms with E-state index in [4.69, 9.17) is 5.26 Å². The molecule has 1 aromatic carbocycles. The van der Waals surface area contributed by atoms with Crippen LogP contribution in [0.1, 0.15) is 42.5 Å². The Bertz CT molecular complexity index is 902. The van der Waals surface area contributed by atoms with Gasteiger partial charge in [0.1, 0.15) is 10.9 Å². The van der Waals surface area contributed by atoms with Gasteiger partial charge in [-0.1, -0.05) is 25.3 Å². The third kappa shape index (κ3) is 2.23. The number of anilines is 1. The zero-order valence-corrected chi connectivity index (χ0v) is 14.1. The van der Waals surface area contributed by atoms with E-state index >= 15 is 0 Å². The van der Waals surface area contributed by atoms with Gasteiger partial charge in [-0.3, -0.25) is 0 Å². The molecule has 2 heterocycles. The summed E-state index contributed by atoms with van der Waals surface area (Å²) in [5, 5.41) is 21.7. The molecule has 118 valence electrons. The summed E-state index contributed by atoms with van der Waals surface area (Å²) in [6, 6.07) is 14.8. The largest absolute Gasteiger partial charge is 0.357 e. The average Bonchev–Trinajstić information content (AvgIpc) is 3.20. The monoisotopic (exact) mass is 331 g/mol. The van der Waals surface area contributed by atoms with Crippen LogP contribution in [-0.2, 0) is 5.41 Å². The van der Waals surface area contributed by atoms with Crippen LogP contribution in [0.5, 0.6) is 0 Å². The molecule has 1 fully saturated rings. The van der Waals surface area contributed by atoms with Crippen molar-refractivity contribution in [1.29, 1.82) is 10.5 Å². The van der Waals surface area contributed by atoms with E-state index in [0.717, 1.165) is 39.5 Å². The van der Waals surface area contributed by atoms with Crippen LogP contribution in [-0.4, -0.2) is 0 Å². The molecule has 1 aliphatic carbocycles. The third-order valence-corrected chi connectivity index (χ3v) is 6.28. The van der Waals surface area contributed by atoms with Crippen molar-refractivity contribution in [1.82, 2.24) is 0 Å². The summed E-state index contributed by atoms with van der Waals surface area (Å²) in [5.74, 6) is 0. The normalized spacial score (nSPS) is 19.5. The first-order chi connectivity index (χ1) is 11.8. The lowest BCUT2D eigenvalue weighted by molar-refractivity contribution is 0.350. The average molecular weight is 331 g/mol. The molecular weight excluding hydrogens is 314 g/mol. The van der Waals surface area contributed by atoms with E-state index in [1.54, 1.807) is 6.08 Å². The Morgan fingerprint density at radius 1 is 1.08 bits per heavy atom. The van der Waals surface area contributed by atoms with Crippen molar-refractivity contribution in [2.24, 2.45) is 0 Å². The van der Waals surface area contributed by atoms with Crippen LogP contribution in [0.4, 0.5) is 5.69 Å². The highest BCUT2D eigenvalue weighted by molar-refractivity contribution is 7.16. The van der Waals surface area contributed by atoms with E-state index in [2.05, 4.69) is 35.7 Å². The van der Waals surface area contributed by atoms with Crippen LogP contribution >= 0.6 is 11.3 Å². The molecule has 1 N–H and O–H groups in total. The van der Waals surface area contributed by atoms with Crippen molar-refractivity contribution in [3.05, 3.63) is 52.5 Å². The molecular formula is C20H17N3S. The third-order valence-electron chi connectivity index (χ3n) is 5.24. The number of hydrogen-bond acceptors (Lipinski definition) is 4. The van der Waals surface area contributed by atoms with Crippen molar-refractivity contribution in [3.8, 4) is 22.6 Å². The van der Waals surface area contributed by atoms with Gasteiger partial charge in [0, 0.05) is 27.8 Å². The van der Waals surface area contributed by atoms with Crippen LogP contribution in [0, 0.1) is 22.7 Å². The molecule has 3 nitrogen and oxygen atoms in total. The minimum Gasteiger partial charge on any atom is -0.357 e. The maximum Gasteiger partial charge on any atom is 0.110 e. The molecule has 1 aromatic heterocycles. The quantitative estimate of drug-likeness (QED) is 0.719.